The van der Waals surface area contributed by atoms with Gasteiger partial charge in [-0.25, -0.2) is 15.0 Å². The Kier molecular flexibility index (Phi) is 23.5. The highest BCUT2D eigenvalue weighted by atomic mass is 32.2. The van der Waals surface area contributed by atoms with Gasteiger partial charge in [0.25, 0.3) is 10.1 Å². The van der Waals surface area contributed by atoms with Crippen LogP contribution in [0.3, 0.4) is 0 Å². The van der Waals surface area contributed by atoms with Crippen molar-refractivity contribution in [3.05, 3.63) is 190 Å². The second kappa shape index (κ2) is 30.3. The highest BCUT2D eigenvalue weighted by Crippen LogP contribution is 2.66. The van der Waals surface area contributed by atoms with Crippen LogP contribution in [0.5, 0.6) is 0 Å². The Balaban J connectivity index is 0.00000541. The van der Waals surface area contributed by atoms with Crippen LogP contribution in [0.25, 0.3) is 0 Å². The predicted molar refractivity (Wildman–Crippen MR) is 362 cm³/mol. The summed E-state index contributed by atoms with van der Waals surface area (Å²) in [5, 5.41) is 11.2. The van der Waals surface area contributed by atoms with Crippen molar-refractivity contribution >= 4 is 56.6 Å². The number of aryl methyl sites for hydroxylation is 2. The number of carbonyl (C=O) groups excluding carboxylic acids is 1. The average molecular weight is 1220 g/mol. The van der Waals surface area contributed by atoms with Crippen LogP contribution >= 0.6 is 11.8 Å². The zero-order valence-electron chi connectivity index (χ0n) is 51.4. The highest BCUT2D eigenvalue weighted by Gasteiger charge is 2.54. The SMILES string of the molecule is C.C.CCCCc1nc(SCCNC(=O)CCCCC[N+]2=C(C=CC=CC=C3N(CC)c4ccc(S(=O)(=O)O)cc4C3(C)C)C(C)(C)c3cc(C)ccc32)cc(C2[C@@H](c3ccccc3)C(c3cc(NCCC)nc(NCCC)n3)[C@@H]2c2ccccc2)n1. The molecule has 9 rings (SSSR count). The van der Waals surface area contributed by atoms with Gasteiger partial charge in [-0.2, -0.15) is 18.0 Å². The molecule has 2 aromatic heterocycles. The molecular weight excluding hydrogens is 1120 g/mol. The number of nitrogens with zero attached hydrogens (tertiary/aromatic N) is 6. The second-order valence-corrected chi connectivity index (χ2v) is 26.5. The number of aromatic nitrogens is 4. The molecule has 0 bridgehead atoms. The minimum absolute atomic E-state index is 0. The van der Waals surface area contributed by atoms with E-state index in [1.165, 1.54) is 39.7 Å². The molecule has 1 amide bonds. The molecule has 4 aromatic carbocycles. The summed E-state index contributed by atoms with van der Waals surface area (Å²) in [4.78, 5) is 36.2. The van der Waals surface area contributed by atoms with Gasteiger partial charge < -0.3 is 20.9 Å². The Hall–Kier alpha value is -6.94. The predicted octanol–water partition coefficient (Wildman–Crippen LogP) is 16.2. The second-order valence-electron chi connectivity index (χ2n) is 23.9. The maximum atomic E-state index is 13.4. The molecule has 6 aromatic rings. The van der Waals surface area contributed by atoms with E-state index in [1.807, 2.05) is 6.08 Å². The van der Waals surface area contributed by atoms with Crippen LogP contribution in [-0.4, -0.2) is 87.6 Å². The van der Waals surface area contributed by atoms with Crippen molar-refractivity contribution in [3.8, 4) is 0 Å². The van der Waals surface area contributed by atoms with Gasteiger partial charge in [0.05, 0.1) is 16.0 Å². The largest absolute Gasteiger partial charge is 0.370 e. The highest BCUT2D eigenvalue weighted by molar-refractivity contribution is 7.99. The number of fused-ring (bicyclic) bond motifs is 2. The fourth-order valence-electron chi connectivity index (χ4n) is 12.9. The van der Waals surface area contributed by atoms with Crippen molar-refractivity contribution in [3.63, 3.8) is 0 Å². The summed E-state index contributed by atoms with van der Waals surface area (Å²) in [7, 11) is -4.33. The molecule has 1 saturated carbocycles. The van der Waals surface area contributed by atoms with Crippen molar-refractivity contribution in [1.82, 2.24) is 25.3 Å². The minimum Gasteiger partial charge on any atom is -0.370 e. The normalized spacial score (nSPS) is 18.7. The van der Waals surface area contributed by atoms with Crippen LogP contribution in [0.15, 0.2) is 155 Å². The molecule has 1 aliphatic carbocycles. The van der Waals surface area contributed by atoms with E-state index in [2.05, 4.69) is 203 Å². The molecule has 0 radical (unpaired) electrons. The number of thioether (sulfide) groups is 1. The third-order valence-corrected chi connectivity index (χ3v) is 18.9. The maximum absolute atomic E-state index is 13.4. The van der Waals surface area contributed by atoms with Gasteiger partial charge in [0, 0.05) is 121 Å². The third kappa shape index (κ3) is 15.5. The molecule has 464 valence electrons. The van der Waals surface area contributed by atoms with E-state index < -0.39 is 15.5 Å². The van der Waals surface area contributed by atoms with Gasteiger partial charge in [0.15, 0.2) is 5.71 Å². The van der Waals surface area contributed by atoms with E-state index in [4.69, 9.17) is 19.9 Å². The molecule has 4 heterocycles. The van der Waals surface area contributed by atoms with Gasteiger partial charge in [0.2, 0.25) is 17.5 Å². The Labute approximate surface area is 525 Å². The van der Waals surface area contributed by atoms with Crippen LogP contribution in [0.2, 0.25) is 0 Å². The Morgan fingerprint density at radius 3 is 2.02 bits per heavy atom. The summed E-state index contributed by atoms with van der Waals surface area (Å²) < 4.78 is 36.3. The number of unbranched alkanes of at least 4 members (excludes halogenated alkanes) is 3. The number of anilines is 3. The molecule has 2 atom stereocenters. The van der Waals surface area contributed by atoms with E-state index in [-0.39, 0.29) is 54.7 Å². The Bertz CT molecular complexity index is 3470. The smallest absolute Gasteiger partial charge is 0.294 e. The first-order valence-electron chi connectivity index (χ1n) is 30.9. The lowest BCUT2D eigenvalue weighted by Gasteiger charge is -2.52. The summed E-state index contributed by atoms with van der Waals surface area (Å²) in [5.41, 5.74) is 11.8. The van der Waals surface area contributed by atoms with Crippen LogP contribution in [0.1, 0.15) is 190 Å². The lowest BCUT2D eigenvalue weighted by molar-refractivity contribution is -0.438. The van der Waals surface area contributed by atoms with Gasteiger partial charge in [-0.1, -0.05) is 146 Å². The summed E-state index contributed by atoms with van der Waals surface area (Å²) in [6.45, 7) is 23.2. The molecule has 13 nitrogen and oxygen atoms in total. The molecule has 2 aliphatic heterocycles. The monoisotopic (exact) mass is 1210 g/mol. The fourth-order valence-corrected chi connectivity index (χ4v) is 14.1. The summed E-state index contributed by atoms with van der Waals surface area (Å²) in [6, 6.07) is 37.8. The Morgan fingerprint density at radius 2 is 1.37 bits per heavy atom. The number of benzene rings is 4. The van der Waals surface area contributed by atoms with Gasteiger partial charge in [-0.15, -0.1) is 11.8 Å². The van der Waals surface area contributed by atoms with Gasteiger partial charge in [0.1, 0.15) is 23.2 Å². The molecular formula is C72H96N9O4S2+. The van der Waals surface area contributed by atoms with E-state index in [1.54, 1.807) is 23.9 Å². The quantitative estimate of drug-likeness (QED) is 0.00919. The maximum Gasteiger partial charge on any atom is 0.294 e. The topological polar surface area (TPSA) is 165 Å². The average Bonchev–Trinajstić information content (AvgIpc) is 2.33. The van der Waals surface area contributed by atoms with Crippen LogP contribution in [-0.2, 0) is 32.2 Å². The molecule has 1 fully saturated rings. The number of allylic oxidation sites excluding steroid dienone is 6. The number of amides is 1. The lowest BCUT2D eigenvalue weighted by atomic mass is 9.50. The van der Waals surface area contributed by atoms with Crippen molar-refractivity contribution in [2.75, 3.05) is 54.0 Å². The Morgan fingerprint density at radius 1 is 0.690 bits per heavy atom. The van der Waals surface area contributed by atoms with E-state index in [0.717, 1.165) is 116 Å². The van der Waals surface area contributed by atoms with Gasteiger partial charge >= 0.3 is 0 Å². The minimum atomic E-state index is -4.33. The molecule has 4 N–H and O–H groups in total. The standard InChI is InChI=1S/C70H87N9O4S2.2CH4/c1-10-14-33-60-74-55(67-64(49-27-19-15-20-28-49)66(65(67)50-29-21-16-22-30-50)54-46-61(71-39-11-2)77-68(75-54)73-40-12-3)47-63(76-60)84-43-41-72-62(80)34-25-18-26-42-79-57-37-35-48(5)44-52(57)69(6,7)59(79)32-24-17-23-31-58-70(8,9)53-45-51(85(81,82)83)36-38-56(53)78(58)13-4;;/h15-17,19-24,27-32,35-38,44-47,64-67H,10-14,18,25-26,33-34,39-43H2,1-9H3,(H3-,71,72,73,75,77,80,81,82,83);2*1H4/p+1/t64-,65-,66?,67?;;/m0../s1. The first-order valence-corrected chi connectivity index (χ1v) is 33.4. The van der Waals surface area contributed by atoms with Crippen molar-refractivity contribution in [1.29, 1.82) is 0 Å². The van der Waals surface area contributed by atoms with E-state index in [0.29, 0.717) is 31.2 Å². The summed E-state index contributed by atoms with van der Waals surface area (Å²) in [5.74, 6) is 3.47. The third-order valence-electron chi connectivity index (χ3n) is 17.2. The van der Waals surface area contributed by atoms with E-state index >= 15 is 0 Å². The molecule has 0 spiro atoms. The number of hydrogen-bond donors (Lipinski definition) is 4. The summed E-state index contributed by atoms with van der Waals surface area (Å²) >= 11 is 1.69. The van der Waals surface area contributed by atoms with Gasteiger partial charge in [-0.05, 0) is 113 Å². The number of carbonyl (C=O) groups is 1. The number of hydrogen-bond acceptors (Lipinski definition) is 11. The molecule has 0 saturated heterocycles. The van der Waals surface area contributed by atoms with Gasteiger partial charge in [-0.3, -0.25) is 9.35 Å². The van der Waals surface area contributed by atoms with Crippen LogP contribution in [0, 0.1) is 6.92 Å². The van der Waals surface area contributed by atoms with Crippen LogP contribution in [0.4, 0.5) is 23.1 Å². The lowest BCUT2D eigenvalue weighted by Crippen LogP contribution is -2.41. The van der Waals surface area contributed by atoms with Crippen molar-refractivity contribution in [2.45, 2.75) is 179 Å². The molecule has 3 aliphatic rings. The van der Waals surface area contributed by atoms with Crippen molar-refractivity contribution in [2.24, 2.45) is 0 Å². The number of likely N-dealkylation sites (N-methyl/N-ethyl adjacent to an activating group) is 1. The molecule has 15 heteroatoms. The molecule has 0 unspecified atom stereocenters. The zero-order valence-corrected chi connectivity index (χ0v) is 53.0. The van der Waals surface area contributed by atoms with Crippen molar-refractivity contribution < 1.29 is 22.3 Å². The fraction of sp³-hybridized carbons (Fsp3) is 0.444. The number of rotatable bonds is 28. The molecule has 87 heavy (non-hydrogen) atoms. The number of nitrogens with one attached hydrogen (secondary N) is 3. The first-order chi connectivity index (χ1) is 41.0. The zero-order chi connectivity index (χ0) is 60.3. The van der Waals surface area contributed by atoms with E-state index in [9.17, 15) is 17.8 Å². The summed E-state index contributed by atoms with van der Waals surface area (Å²) in [6.07, 6.45) is 18.5. The van der Waals surface area contributed by atoms with Crippen LogP contribution < -0.4 is 20.9 Å². The first kappa shape index (κ1) is 67.6.